The summed E-state index contributed by atoms with van der Waals surface area (Å²) in [5.74, 6) is 1.22. The maximum absolute atomic E-state index is 6.15. The summed E-state index contributed by atoms with van der Waals surface area (Å²) in [5.41, 5.74) is 10.1. The summed E-state index contributed by atoms with van der Waals surface area (Å²) < 4.78 is 11.5. The topological polar surface area (TPSA) is 54.9 Å². The number of nitrogens with two attached hydrogens (primary N) is 1. The Morgan fingerprint density at radius 3 is 2.68 bits per heavy atom. The molecule has 0 aliphatic carbocycles. The molecule has 2 N–H and O–H groups in total. The third kappa shape index (κ3) is 4.27. The van der Waals surface area contributed by atoms with Crippen LogP contribution in [0.4, 0.5) is 11.4 Å². The fraction of sp³-hybridized carbons (Fsp3) is 0.400. The van der Waals surface area contributed by atoms with Crippen LogP contribution >= 0.6 is 12.2 Å². The van der Waals surface area contributed by atoms with Crippen LogP contribution in [0.5, 0.6) is 5.75 Å². The summed E-state index contributed by atoms with van der Waals surface area (Å²) in [7, 11) is 1.65. The average Bonchev–Trinajstić information content (AvgIpc) is 3.22. The number of anilines is 2. The highest BCUT2D eigenvalue weighted by Gasteiger charge is 2.26. The molecule has 6 heteroatoms. The van der Waals surface area contributed by atoms with Crippen LogP contribution in [0.25, 0.3) is 11.0 Å². The van der Waals surface area contributed by atoms with Gasteiger partial charge in [-0.25, -0.2) is 0 Å². The van der Waals surface area contributed by atoms with E-state index in [1.807, 2.05) is 47.6 Å². The van der Waals surface area contributed by atoms with Crippen molar-refractivity contribution in [1.82, 2.24) is 4.90 Å². The van der Waals surface area contributed by atoms with Gasteiger partial charge in [0.1, 0.15) is 11.3 Å². The first kappa shape index (κ1) is 21.7. The third-order valence-electron chi connectivity index (χ3n) is 6.58. The molecular formula is C25H31N3O2S. The van der Waals surface area contributed by atoms with E-state index >= 15 is 0 Å². The first-order valence-corrected chi connectivity index (χ1v) is 11.4. The molecule has 2 heterocycles. The number of nitrogens with zero attached hydrogens (tertiary/aromatic N) is 2. The van der Waals surface area contributed by atoms with E-state index in [0.717, 1.165) is 54.0 Å². The minimum Gasteiger partial charge on any atom is -0.495 e. The van der Waals surface area contributed by atoms with E-state index in [0.29, 0.717) is 12.0 Å². The Kier molecular flexibility index (Phi) is 6.49. The normalized spacial score (nSPS) is 16.4. The highest BCUT2D eigenvalue weighted by molar-refractivity contribution is 7.80. The standard InChI is InChI=1S/C25H31N3O2S/c1-4-17(2)27-13-11-18(12-14-27)21-16-30-23-10-9-19(15-20(21)23)28(25(26)31)22-7-5-6-8-24(22)29-3/h5-10,15-18H,4,11-14H2,1-3H3,(H2,26,31). The zero-order valence-electron chi connectivity index (χ0n) is 18.5. The Bertz CT molecular complexity index is 1060. The molecule has 0 amide bonds. The Balaban J connectivity index is 1.67. The maximum Gasteiger partial charge on any atom is 0.175 e. The Labute approximate surface area is 189 Å². The molecule has 31 heavy (non-hydrogen) atoms. The molecule has 0 radical (unpaired) electrons. The lowest BCUT2D eigenvalue weighted by atomic mass is 9.88. The molecule has 1 saturated heterocycles. The SMILES string of the molecule is CCC(C)N1CCC(c2coc3ccc(N(C(N)=S)c4ccccc4OC)cc23)CC1. The van der Waals surface area contributed by atoms with Gasteiger partial charge in [-0.05, 0) is 87.7 Å². The molecule has 1 aliphatic rings. The summed E-state index contributed by atoms with van der Waals surface area (Å²) in [5, 5.41) is 1.41. The van der Waals surface area contributed by atoms with Gasteiger partial charge in [0.25, 0.3) is 0 Å². The molecule has 3 aromatic rings. The quantitative estimate of drug-likeness (QED) is 0.492. The second-order valence-electron chi connectivity index (χ2n) is 8.28. The Hall–Kier alpha value is -2.57. The predicted octanol–water partition coefficient (Wildman–Crippen LogP) is 5.80. The molecule has 1 unspecified atom stereocenters. The van der Waals surface area contributed by atoms with E-state index in [1.165, 1.54) is 12.0 Å². The van der Waals surface area contributed by atoms with Gasteiger partial charge < -0.3 is 19.8 Å². The first-order chi connectivity index (χ1) is 15.0. The number of piperidine rings is 1. The summed E-state index contributed by atoms with van der Waals surface area (Å²) in [6, 6.07) is 14.5. The smallest absolute Gasteiger partial charge is 0.175 e. The zero-order valence-corrected chi connectivity index (χ0v) is 19.3. The van der Waals surface area contributed by atoms with Crippen molar-refractivity contribution in [2.75, 3.05) is 25.1 Å². The van der Waals surface area contributed by atoms with Crippen molar-refractivity contribution in [2.24, 2.45) is 5.73 Å². The van der Waals surface area contributed by atoms with E-state index in [-0.39, 0.29) is 5.11 Å². The number of methoxy groups -OCH3 is 1. The van der Waals surface area contributed by atoms with Crippen molar-refractivity contribution >= 4 is 39.7 Å². The molecule has 4 rings (SSSR count). The van der Waals surface area contributed by atoms with Crippen molar-refractivity contribution in [3.63, 3.8) is 0 Å². The lowest BCUT2D eigenvalue weighted by Crippen LogP contribution is -2.39. The summed E-state index contributed by atoms with van der Waals surface area (Å²) in [6.07, 6.45) is 5.43. The van der Waals surface area contributed by atoms with Crippen LogP contribution in [-0.4, -0.2) is 36.3 Å². The van der Waals surface area contributed by atoms with Crippen LogP contribution in [0, 0.1) is 0 Å². The third-order valence-corrected chi connectivity index (χ3v) is 6.76. The van der Waals surface area contributed by atoms with Gasteiger partial charge in [-0.3, -0.25) is 4.90 Å². The molecule has 1 atom stereocenters. The number of hydrogen-bond donors (Lipinski definition) is 1. The van der Waals surface area contributed by atoms with Crippen molar-refractivity contribution in [2.45, 2.75) is 45.1 Å². The van der Waals surface area contributed by atoms with Gasteiger partial charge in [-0.1, -0.05) is 19.1 Å². The van der Waals surface area contributed by atoms with E-state index < -0.39 is 0 Å². The van der Waals surface area contributed by atoms with E-state index in [9.17, 15) is 0 Å². The van der Waals surface area contributed by atoms with Gasteiger partial charge in [0.05, 0.1) is 19.1 Å². The van der Waals surface area contributed by atoms with Crippen LogP contribution in [0.15, 0.2) is 53.1 Å². The number of rotatable bonds is 6. The molecule has 2 aromatic carbocycles. The van der Waals surface area contributed by atoms with Gasteiger partial charge in [-0.15, -0.1) is 0 Å². The van der Waals surface area contributed by atoms with Gasteiger partial charge in [0.15, 0.2) is 5.11 Å². The Morgan fingerprint density at radius 1 is 1.26 bits per heavy atom. The Morgan fingerprint density at radius 2 is 2.00 bits per heavy atom. The molecule has 1 aromatic heterocycles. The molecular weight excluding hydrogens is 406 g/mol. The van der Waals surface area contributed by atoms with E-state index in [4.69, 9.17) is 27.1 Å². The van der Waals surface area contributed by atoms with Crippen molar-refractivity contribution in [3.05, 3.63) is 54.3 Å². The fourth-order valence-corrected chi connectivity index (χ4v) is 4.80. The lowest BCUT2D eigenvalue weighted by Gasteiger charge is -2.35. The van der Waals surface area contributed by atoms with E-state index in [2.05, 4.69) is 24.8 Å². The zero-order chi connectivity index (χ0) is 22.0. The highest BCUT2D eigenvalue weighted by Crippen LogP contribution is 2.39. The van der Waals surface area contributed by atoms with Crippen LogP contribution in [0.3, 0.4) is 0 Å². The molecule has 5 nitrogen and oxygen atoms in total. The van der Waals surface area contributed by atoms with Crippen LogP contribution < -0.4 is 15.4 Å². The number of para-hydroxylation sites is 2. The largest absolute Gasteiger partial charge is 0.495 e. The average molecular weight is 438 g/mol. The molecule has 1 fully saturated rings. The minimum atomic E-state index is 0.274. The maximum atomic E-state index is 6.15. The molecule has 0 saturated carbocycles. The van der Waals surface area contributed by atoms with Crippen LogP contribution in [-0.2, 0) is 0 Å². The van der Waals surface area contributed by atoms with Crippen molar-refractivity contribution < 1.29 is 9.15 Å². The molecule has 164 valence electrons. The lowest BCUT2D eigenvalue weighted by molar-refractivity contribution is 0.158. The second kappa shape index (κ2) is 9.28. The summed E-state index contributed by atoms with van der Waals surface area (Å²) in [4.78, 5) is 4.45. The van der Waals surface area contributed by atoms with Crippen LogP contribution in [0.1, 0.15) is 44.6 Å². The number of hydrogen-bond acceptors (Lipinski definition) is 4. The van der Waals surface area contributed by atoms with Gasteiger partial charge >= 0.3 is 0 Å². The number of thiocarbonyl (C=S) groups is 1. The predicted molar refractivity (Wildman–Crippen MR) is 131 cm³/mol. The number of likely N-dealkylation sites (tertiary alicyclic amines) is 1. The molecule has 1 aliphatic heterocycles. The number of furan rings is 1. The first-order valence-electron chi connectivity index (χ1n) is 11.0. The molecule has 0 bridgehead atoms. The minimum absolute atomic E-state index is 0.274. The second-order valence-corrected chi connectivity index (χ2v) is 8.70. The van der Waals surface area contributed by atoms with Gasteiger partial charge in [-0.2, -0.15) is 0 Å². The number of fused-ring (bicyclic) bond motifs is 1. The highest BCUT2D eigenvalue weighted by atomic mass is 32.1. The van der Waals surface area contributed by atoms with Gasteiger partial charge in [0, 0.05) is 22.7 Å². The van der Waals surface area contributed by atoms with Crippen molar-refractivity contribution in [1.29, 1.82) is 0 Å². The monoisotopic (exact) mass is 437 g/mol. The molecule has 0 spiro atoms. The van der Waals surface area contributed by atoms with Crippen molar-refractivity contribution in [3.8, 4) is 5.75 Å². The van der Waals surface area contributed by atoms with Crippen LogP contribution in [0.2, 0.25) is 0 Å². The number of benzene rings is 2. The summed E-state index contributed by atoms with van der Waals surface area (Å²) in [6.45, 7) is 6.85. The van der Waals surface area contributed by atoms with Gasteiger partial charge in [0.2, 0.25) is 0 Å². The fourth-order valence-electron chi connectivity index (χ4n) is 4.60. The summed E-state index contributed by atoms with van der Waals surface area (Å²) >= 11 is 5.42. The number of ether oxygens (including phenoxy) is 1. The van der Waals surface area contributed by atoms with E-state index in [1.54, 1.807) is 7.11 Å².